The molecule has 15 heteroatoms. The summed E-state index contributed by atoms with van der Waals surface area (Å²) in [6.07, 6.45) is 4.04. The number of nitrogens with zero attached hydrogens (tertiary/aromatic N) is 9. The Balaban J connectivity index is 1.20. The van der Waals surface area contributed by atoms with E-state index in [1.54, 1.807) is 12.1 Å². The highest BCUT2D eigenvalue weighted by Crippen LogP contribution is 2.30. The molecular weight excluding hydrogens is 660 g/mol. The van der Waals surface area contributed by atoms with Gasteiger partial charge in [-0.3, -0.25) is 35.0 Å². The van der Waals surface area contributed by atoms with E-state index in [2.05, 4.69) is 20.1 Å². The van der Waals surface area contributed by atoms with Crippen LogP contribution in [0, 0.1) is 5.92 Å². The van der Waals surface area contributed by atoms with Crippen LogP contribution in [0.2, 0.25) is 0 Å². The molecule has 0 radical (unpaired) electrons. The van der Waals surface area contributed by atoms with E-state index < -0.39 is 18.0 Å². The number of aromatic nitrogens is 4. The molecule has 3 aliphatic heterocycles. The summed E-state index contributed by atoms with van der Waals surface area (Å²) in [4.78, 5) is 51.8. The normalized spacial score (nSPS) is 22.7. The smallest absolute Gasteiger partial charge is 0.251 e. The van der Waals surface area contributed by atoms with Crippen molar-refractivity contribution < 1.29 is 14.4 Å². The second kappa shape index (κ2) is 14.7. The number of hydrazone groups is 2. The average Bonchev–Trinajstić information content (AvgIpc) is 3.86. The lowest BCUT2D eigenvalue weighted by molar-refractivity contribution is -0.122. The summed E-state index contributed by atoms with van der Waals surface area (Å²) in [5.41, 5.74) is 10.9. The molecule has 3 amide bonds. The highest BCUT2D eigenvalue weighted by atomic mass is 16.2. The van der Waals surface area contributed by atoms with Crippen molar-refractivity contribution in [3.05, 3.63) is 48.0 Å². The maximum Gasteiger partial charge on any atom is 0.251 e. The number of primary amides is 1. The van der Waals surface area contributed by atoms with E-state index in [0.29, 0.717) is 68.7 Å². The Morgan fingerprint density at radius 1 is 0.846 bits per heavy atom. The van der Waals surface area contributed by atoms with Gasteiger partial charge in [0, 0.05) is 68.6 Å². The monoisotopic (exact) mass is 708 g/mol. The molecule has 0 saturated heterocycles. The van der Waals surface area contributed by atoms with Gasteiger partial charge in [-0.15, -0.1) is 0 Å². The highest BCUT2D eigenvalue weighted by Gasteiger charge is 2.40. The van der Waals surface area contributed by atoms with Gasteiger partial charge in [-0.05, 0) is 71.0 Å². The second-order valence-corrected chi connectivity index (χ2v) is 14.1. The van der Waals surface area contributed by atoms with Gasteiger partial charge in [0.25, 0.3) is 11.8 Å². The highest BCUT2D eigenvalue weighted by molar-refractivity contribution is 6.02. The molecule has 4 N–H and O–H groups in total. The molecule has 15 nitrogen and oxygen atoms in total. The number of para-hydroxylation sites is 2. The van der Waals surface area contributed by atoms with Gasteiger partial charge in [0.15, 0.2) is 0 Å². The third-order valence-electron chi connectivity index (χ3n) is 10.5. The van der Waals surface area contributed by atoms with Crippen LogP contribution in [-0.2, 0) is 22.7 Å². The van der Waals surface area contributed by atoms with Crippen LogP contribution in [0.3, 0.4) is 0 Å². The number of rotatable bonds is 2. The molecular formula is C37H48N12O3. The molecule has 0 bridgehead atoms. The summed E-state index contributed by atoms with van der Waals surface area (Å²) in [6.45, 7) is 9.65. The molecule has 5 heterocycles. The van der Waals surface area contributed by atoms with Gasteiger partial charge in [-0.25, -0.2) is 9.97 Å². The molecule has 274 valence electrons. The predicted molar refractivity (Wildman–Crippen MR) is 202 cm³/mol. The van der Waals surface area contributed by atoms with E-state index in [-0.39, 0.29) is 17.7 Å². The number of carbonyl (C=O) groups excluding carboxylic acids is 3. The van der Waals surface area contributed by atoms with Gasteiger partial charge < -0.3 is 19.8 Å². The first-order chi connectivity index (χ1) is 25.1. The lowest BCUT2D eigenvalue weighted by atomic mass is 9.90. The van der Waals surface area contributed by atoms with Crippen LogP contribution >= 0.6 is 0 Å². The topological polar surface area (TPSA) is 171 Å². The van der Waals surface area contributed by atoms with E-state index in [1.165, 1.54) is 0 Å². The van der Waals surface area contributed by atoms with Gasteiger partial charge in [0.1, 0.15) is 12.1 Å². The summed E-state index contributed by atoms with van der Waals surface area (Å²) in [6, 6.07) is 12.2. The first-order valence-corrected chi connectivity index (χ1v) is 18.3. The van der Waals surface area contributed by atoms with Gasteiger partial charge in [-0.1, -0.05) is 25.0 Å². The number of hydrogen-bond acceptors (Lipinski definition) is 10. The summed E-state index contributed by atoms with van der Waals surface area (Å²) < 4.78 is 4.05. The van der Waals surface area contributed by atoms with E-state index in [4.69, 9.17) is 25.9 Å². The fourth-order valence-electron chi connectivity index (χ4n) is 7.72. The third kappa shape index (κ3) is 6.96. The molecule has 0 aliphatic carbocycles. The average molecular weight is 709 g/mol. The number of benzene rings is 2. The Labute approximate surface area is 302 Å². The summed E-state index contributed by atoms with van der Waals surface area (Å²) >= 11 is 0. The first kappa shape index (κ1) is 35.1. The van der Waals surface area contributed by atoms with Crippen molar-refractivity contribution in [2.75, 3.05) is 43.9 Å². The van der Waals surface area contributed by atoms with Crippen molar-refractivity contribution >= 4 is 63.1 Å². The number of anilines is 2. The minimum Gasteiger partial charge on any atom is -0.366 e. The molecule has 7 rings (SSSR count). The minimum absolute atomic E-state index is 0.00865. The summed E-state index contributed by atoms with van der Waals surface area (Å²) in [5.74, 6) is 0.112. The maximum atomic E-state index is 14.1. The molecule has 0 fully saturated rings. The lowest BCUT2D eigenvalue weighted by Gasteiger charge is -2.27. The van der Waals surface area contributed by atoms with Crippen molar-refractivity contribution in [1.82, 2.24) is 34.0 Å². The number of nitrogens with two attached hydrogens (primary N) is 1. The number of fused-ring (bicyclic) bond motifs is 8. The van der Waals surface area contributed by atoms with Crippen LogP contribution in [0.25, 0.3) is 22.1 Å². The molecule has 52 heavy (non-hydrogen) atoms. The van der Waals surface area contributed by atoms with E-state index in [9.17, 15) is 14.4 Å². The number of amides is 3. The summed E-state index contributed by atoms with van der Waals surface area (Å²) in [5, 5.41) is 19.6. The number of nitrogens with one attached hydrogen (secondary N) is 2. The van der Waals surface area contributed by atoms with Gasteiger partial charge in [0.2, 0.25) is 17.8 Å². The fourth-order valence-corrected chi connectivity index (χ4v) is 7.72. The van der Waals surface area contributed by atoms with Crippen molar-refractivity contribution in [2.45, 2.75) is 78.0 Å². The molecule has 2 aromatic carbocycles. The largest absolute Gasteiger partial charge is 0.366 e. The first-order valence-electron chi connectivity index (χ1n) is 18.3. The van der Waals surface area contributed by atoms with Crippen LogP contribution in [0.1, 0.15) is 63.2 Å². The zero-order valence-corrected chi connectivity index (χ0v) is 30.4. The number of imidazole rings is 2. The Hall–Kier alpha value is -5.31. The quantitative estimate of drug-likeness (QED) is 0.283. The number of carbonyl (C=O) groups is 3. The molecule has 3 atom stereocenters. The van der Waals surface area contributed by atoms with E-state index in [1.807, 2.05) is 72.7 Å². The minimum atomic E-state index is -0.539. The van der Waals surface area contributed by atoms with Crippen molar-refractivity contribution in [3.63, 3.8) is 0 Å². The van der Waals surface area contributed by atoms with Crippen molar-refractivity contribution in [3.8, 4) is 0 Å². The molecule has 4 aromatic rings. The molecule has 2 aromatic heterocycles. The van der Waals surface area contributed by atoms with Crippen molar-refractivity contribution in [2.24, 2.45) is 21.9 Å². The standard InChI is InChI=1S/C37H48N12O3/c1-5-48-32-26(24(3)44-48)11-7-6-10-16-49-31(21-23(2)43-49)34(51)41-37-40-28-22-25(33(38)50)14-15-30(28)47(37)20-18-45(4)17-19-46-29-13-9-8-12-27(29)39-36(46)42-35(32)52/h8-9,12-15,22,26,31-32H,5-7,10-11,16-21H2,1-4H3,(H2,38,50)(H,39,42,52)(H,40,41,51). The van der Waals surface area contributed by atoms with Crippen LogP contribution in [0.4, 0.5) is 11.9 Å². The fraction of sp³-hybridized carbons (Fsp3) is 0.486. The third-order valence-corrected chi connectivity index (χ3v) is 10.5. The molecule has 3 unspecified atom stereocenters. The lowest BCUT2D eigenvalue weighted by Crippen LogP contribution is -2.44. The Kier molecular flexibility index (Phi) is 9.95. The van der Waals surface area contributed by atoms with Crippen LogP contribution in [0.5, 0.6) is 0 Å². The summed E-state index contributed by atoms with van der Waals surface area (Å²) in [7, 11) is 2.04. The van der Waals surface area contributed by atoms with Gasteiger partial charge >= 0.3 is 0 Å². The number of hydrogen-bond donors (Lipinski definition) is 3. The van der Waals surface area contributed by atoms with Crippen LogP contribution in [0.15, 0.2) is 52.7 Å². The zero-order chi connectivity index (χ0) is 36.5. The Morgan fingerprint density at radius 3 is 2.27 bits per heavy atom. The Bertz CT molecular complexity index is 2060. The predicted octanol–water partition coefficient (Wildman–Crippen LogP) is 3.71. The molecule has 0 saturated carbocycles. The van der Waals surface area contributed by atoms with Gasteiger partial charge in [-0.2, -0.15) is 10.2 Å². The second-order valence-electron chi connectivity index (χ2n) is 14.1. The van der Waals surface area contributed by atoms with Crippen LogP contribution in [-0.4, -0.2) is 108 Å². The van der Waals surface area contributed by atoms with Crippen molar-refractivity contribution in [1.29, 1.82) is 0 Å². The zero-order valence-electron chi connectivity index (χ0n) is 30.4. The molecule has 0 spiro atoms. The van der Waals surface area contributed by atoms with Gasteiger partial charge in [0.05, 0.1) is 22.1 Å². The molecule has 3 aliphatic rings. The SMILES string of the molecule is CCN1N=C(C)C2CCCCCN3N=C(C)CC3C(=O)Nc3nc4cc(C(N)=O)ccc4n3CCN(C)CCn3c(nc4ccccc43)NC(=O)C21. The maximum absolute atomic E-state index is 14.1. The van der Waals surface area contributed by atoms with E-state index >= 15 is 0 Å². The Morgan fingerprint density at radius 2 is 1.54 bits per heavy atom. The van der Waals surface area contributed by atoms with Crippen LogP contribution < -0.4 is 16.4 Å². The van der Waals surface area contributed by atoms with E-state index in [0.717, 1.165) is 53.7 Å². The number of likely N-dealkylation sites (N-methyl/N-ethyl adjacent to an activating group) is 2.